The molecule has 0 radical (unpaired) electrons. The van der Waals surface area contributed by atoms with E-state index < -0.39 is 12.0 Å². The van der Waals surface area contributed by atoms with Gasteiger partial charge in [-0.15, -0.1) is 10.2 Å². The summed E-state index contributed by atoms with van der Waals surface area (Å²) in [5.41, 5.74) is 0. The summed E-state index contributed by atoms with van der Waals surface area (Å²) in [6.45, 7) is 0. The Balaban J connectivity index is 2.70. The maximum absolute atomic E-state index is 12.3. The van der Waals surface area contributed by atoms with E-state index in [9.17, 15) is 13.2 Å². The van der Waals surface area contributed by atoms with Crippen LogP contribution in [0.25, 0.3) is 5.78 Å². The molecule has 0 unspecified atom stereocenters. The minimum Gasteiger partial charge on any atom is -0.263 e. The molecule has 2 heterocycles. The van der Waals surface area contributed by atoms with Crippen LogP contribution in [0.2, 0.25) is 5.15 Å². The first-order chi connectivity index (χ1) is 6.48. The Morgan fingerprint density at radius 3 is 2.64 bits per heavy atom. The molecule has 4 nitrogen and oxygen atoms in total. The predicted molar refractivity (Wildman–Crippen MR) is 40.8 cm³/mol. The van der Waals surface area contributed by atoms with Crippen molar-refractivity contribution in [3.8, 4) is 0 Å². The van der Waals surface area contributed by atoms with Crippen LogP contribution < -0.4 is 0 Å². The number of hydrogen-bond donors (Lipinski definition) is 0. The van der Waals surface area contributed by atoms with E-state index in [1.807, 2.05) is 0 Å². The van der Waals surface area contributed by atoms with Gasteiger partial charge in [-0.25, -0.2) is 0 Å². The lowest BCUT2D eigenvalue weighted by molar-refractivity contribution is -0.145. The highest BCUT2D eigenvalue weighted by Crippen LogP contribution is 2.27. The Morgan fingerprint density at radius 1 is 1.29 bits per heavy atom. The van der Waals surface area contributed by atoms with Crippen LogP contribution >= 0.6 is 11.6 Å². The van der Waals surface area contributed by atoms with Gasteiger partial charge in [0.25, 0.3) is 5.78 Å². The topological polar surface area (TPSA) is 43.1 Å². The minimum absolute atomic E-state index is 0.0682. The van der Waals surface area contributed by atoms with E-state index in [0.29, 0.717) is 0 Å². The van der Waals surface area contributed by atoms with E-state index in [1.165, 1.54) is 6.07 Å². The Bertz CT molecular complexity index is 477. The summed E-state index contributed by atoms with van der Waals surface area (Å²) in [5, 5.41) is 6.29. The number of fused-ring (bicyclic) bond motifs is 1. The summed E-state index contributed by atoms with van der Waals surface area (Å²) >= 11 is 5.47. The molecule has 0 aromatic carbocycles. The van der Waals surface area contributed by atoms with Gasteiger partial charge >= 0.3 is 6.18 Å². The van der Waals surface area contributed by atoms with Crippen molar-refractivity contribution in [3.63, 3.8) is 0 Å². The molecule has 0 spiro atoms. The van der Waals surface area contributed by atoms with Crippen LogP contribution in [-0.2, 0) is 6.18 Å². The summed E-state index contributed by atoms with van der Waals surface area (Å²) in [5.74, 6) is -1.29. The number of hydrogen-bond acceptors (Lipinski definition) is 3. The molecule has 0 atom stereocenters. The van der Waals surface area contributed by atoms with E-state index in [4.69, 9.17) is 11.6 Å². The molecule has 0 N–H and O–H groups in total. The predicted octanol–water partition coefficient (Wildman–Crippen LogP) is 1.80. The standard InChI is InChI=1S/C6H2ClF3N4/c7-3-1-2-14-4(6(8,9)10)12-13-5(14)11-3/h1-2H. The van der Waals surface area contributed by atoms with E-state index in [2.05, 4.69) is 15.2 Å². The number of alkyl halides is 3. The van der Waals surface area contributed by atoms with E-state index >= 15 is 0 Å². The first kappa shape index (κ1) is 9.20. The summed E-state index contributed by atoms with van der Waals surface area (Å²) in [4.78, 5) is 3.56. The van der Waals surface area contributed by atoms with Crippen molar-refractivity contribution in [2.24, 2.45) is 0 Å². The maximum Gasteiger partial charge on any atom is 0.452 e. The second kappa shape index (κ2) is 2.81. The van der Waals surface area contributed by atoms with Crippen LogP contribution in [0.1, 0.15) is 5.82 Å². The quantitative estimate of drug-likeness (QED) is 0.639. The third kappa shape index (κ3) is 1.39. The third-order valence-electron chi connectivity index (χ3n) is 1.50. The molecule has 0 bridgehead atoms. The molecule has 0 saturated heterocycles. The average molecular weight is 223 g/mol. The first-order valence-electron chi connectivity index (χ1n) is 3.43. The Morgan fingerprint density at radius 2 is 2.00 bits per heavy atom. The van der Waals surface area contributed by atoms with Crippen molar-refractivity contribution in [3.05, 3.63) is 23.2 Å². The largest absolute Gasteiger partial charge is 0.452 e. The van der Waals surface area contributed by atoms with Gasteiger partial charge in [-0.1, -0.05) is 11.6 Å². The monoisotopic (exact) mass is 222 g/mol. The van der Waals surface area contributed by atoms with E-state index in [0.717, 1.165) is 10.6 Å². The van der Waals surface area contributed by atoms with Crippen LogP contribution in [0, 0.1) is 0 Å². The zero-order valence-corrected chi connectivity index (χ0v) is 7.21. The van der Waals surface area contributed by atoms with Crippen molar-refractivity contribution in [1.82, 2.24) is 19.6 Å². The summed E-state index contributed by atoms with van der Waals surface area (Å²) < 4.78 is 37.5. The Kier molecular flexibility index (Phi) is 1.84. The molecular weight excluding hydrogens is 221 g/mol. The van der Waals surface area contributed by atoms with Gasteiger partial charge in [-0.3, -0.25) is 4.40 Å². The fourth-order valence-electron chi connectivity index (χ4n) is 0.959. The van der Waals surface area contributed by atoms with Gasteiger partial charge in [-0.05, 0) is 6.07 Å². The molecule has 0 aliphatic rings. The van der Waals surface area contributed by atoms with Crippen LogP contribution in [0.4, 0.5) is 13.2 Å². The molecule has 0 aliphatic carbocycles. The summed E-state index contributed by atoms with van der Waals surface area (Å²) in [6.07, 6.45) is -3.43. The third-order valence-corrected chi connectivity index (χ3v) is 1.71. The smallest absolute Gasteiger partial charge is 0.263 e. The molecule has 0 amide bonds. The van der Waals surface area contributed by atoms with Crippen LogP contribution in [0.5, 0.6) is 0 Å². The minimum atomic E-state index is -4.55. The molecule has 8 heteroatoms. The second-order valence-electron chi connectivity index (χ2n) is 2.44. The van der Waals surface area contributed by atoms with E-state index in [-0.39, 0.29) is 10.9 Å². The van der Waals surface area contributed by atoms with Gasteiger partial charge in [0.15, 0.2) is 0 Å². The fraction of sp³-hybridized carbons (Fsp3) is 0.167. The molecule has 0 fully saturated rings. The Labute approximate surface area is 80.3 Å². The van der Waals surface area contributed by atoms with Crippen molar-refractivity contribution in [2.75, 3.05) is 0 Å². The highest BCUT2D eigenvalue weighted by atomic mass is 35.5. The molecular formula is C6H2ClF3N4. The fourth-order valence-corrected chi connectivity index (χ4v) is 1.09. The van der Waals surface area contributed by atoms with Gasteiger partial charge in [0.1, 0.15) is 5.15 Å². The second-order valence-corrected chi connectivity index (χ2v) is 2.83. The van der Waals surface area contributed by atoms with Crippen molar-refractivity contribution >= 4 is 17.4 Å². The molecule has 2 rings (SSSR count). The van der Waals surface area contributed by atoms with Crippen LogP contribution in [0.15, 0.2) is 12.3 Å². The SMILES string of the molecule is FC(F)(F)c1nnc2nc(Cl)ccn12. The van der Waals surface area contributed by atoms with Crippen molar-refractivity contribution < 1.29 is 13.2 Å². The normalized spacial score (nSPS) is 12.3. The zero-order valence-electron chi connectivity index (χ0n) is 6.46. The van der Waals surface area contributed by atoms with Gasteiger partial charge in [-0.2, -0.15) is 18.2 Å². The molecule has 2 aromatic rings. The Hall–Kier alpha value is -1.37. The van der Waals surface area contributed by atoms with E-state index in [1.54, 1.807) is 0 Å². The number of nitrogens with zero attached hydrogens (tertiary/aromatic N) is 4. The molecule has 2 aromatic heterocycles. The number of halogens is 4. The summed E-state index contributed by atoms with van der Waals surface area (Å²) in [7, 11) is 0. The highest BCUT2D eigenvalue weighted by Gasteiger charge is 2.37. The van der Waals surface area contributed by atoms with Crippen molar-refractivity contribution in [1.29, 1.82) is 0 Å². The number of aromatic nitrogens is 4. The van der Waals surface area contributed by atoms with Crippen molar-refractivity contribution in [2.45, 2.75) is 6.18 Å². The van der Waals surface area contributed by atoms with Gasteiger partial charge < -0.3 is 0 Å². The van der Waals surface area contributed by atoms with Gasteiger partial charge in [0, 0.05) is 6.20 Å². The highest BCUT2D eigenvalue weighted by molar-refractivity contribution is 6.29. The number of rotatable bonds is 0. The lowest BCUT2D eigenvalue weighted by atomic mass is 10.5. The van der Waals surface area contributed by atoms with Crippen LogP contribution in [-0.4, -0.2) is 19.6 Å². The average Bonchev–Trinajstić information content (AvgIpc) is 2.45. The van der Waals surface area contributed by atoms with Gasteiger partial charge in [0.05, 0.1) is 0 Å². The van der Waals surface area contributed by atoms with Gasteiger partial charge in [0.2, 0.25) is 5.82 Å². The lowest BCUT2D eigenvalue weighted by Gasteiger charge is -2.02. The zero-order chi connectivity index (χ0) is 10.3. The lowest BCUT2D eigenvalue weighted by Crippen LogP contribution is -2.10. The molecule has 0 aliphatic heterocycles. The maximum atomic E-state index is 12.3. The molecule has 14 heavy (non-hydrogen) atoms. The molecule has 74 valence electrons. The molecule has 0 saturated carbocycles. The first-order valence-corrected chi connectivity index (χ1v) is 3.81. The van der Waals surface area contributed by atoms with Crippen LogP contribution in [0.3, 0.4) is 0 Å². The summed E-state index contributed by atoms with van der Waals surface area (Å²) in [6, 6.07) is 1.23.